The van der Waals surface area contributed by atoms with Crippen molar-refractivity contribution in [3.8, 4) is 0 Å². The van der Waals surface area contributed by atoms with Gasteiger partial charge in [0.05, 0.1) is 6.04 Å². The molecule has 5 heteroatoms. The summed E-state index contributed by atoms with van der Waals surface area (Å²) in [6.07, 6.45) is 0.657. The quantitative estimate of drug-likeness (QED) is 0.844. The number of benzene rings is 1. The molecule has 1 N–H and O–H groups in total. The minimum atomic E-state index is -1.31. The molecule has 2 aromatic rings. The van der Waals surface area contributed by atoms with Crippen LogP contribution in [0.15, 0.2) is 36.4 Å². The summed E-state index contributed by atoms with van der Waals surface area (Å²) in [6.45, 7) is 1.91. The molecule has 1 heterocycles. The zero-order valence-corrected chi connectivity index (χ0v) is 10.3. The second kappa shape index (κ2) is 5.73. The highest BCUT2D eigenvalue weighted by atomic mass is 19.2. The highest BCUT2D eigenvalue weighted by Crippen LogP contribution is 2.23. The van der Waals surface area contributed by atoms with Gasteiger partial charge in [-0.3, -0.25) is 0 Å². The Balaban J connectivity index is 2.26. The largest absolute Gasteiger partial charge is 0.361 e. The van der Waals surface area contributed by atoms with E-state index in [0.29, 0.717) is 12.5 Å². The molecule has 1 unspecified atom stereocenters. The van der Waals surface area contributed by atoms with Crippen molar-refractivity contribution in [2.45, 2.75) is 19.4 Å². The molecule has 0 aliphatic heterocycles. The normalized spacial score (nSPS) is 12.2. The molecule has 0 spiro atoms. The molecule has 0 bridgehead atoms. The maximum atomic E-state index is 13.5. The molecule has 0 saturated carbocycles. The van der Waals surface area contributed by atoms with Gasteiger partial charge in [-0.2, -0.15) is 9.37 Å². The molecule has 2 rings (SSSR count). The molecule has 0 aliphatic carbocycles. The van der Waals surface area contributed by atoms with Gasteiger partial charge >= 0.3 is 0 Å². The van der Waals surface area contributed by atoms with Crippen LogP contribution in [0.25, 0.3) is 0 Å². The first kappa shape index (κ1) is 13.4. The molecule has 100 valence electrons. The van der Waals surface area contributed by atoms with E-state index in [0.717, 1.165) is 5.56 Å². The second-order valence-corrected chi connectivity index (χ2v) is 4.11. The van der Waals surface area contributed by atoms with Crippen LogP contribution in [0.3, 0.4) is 0 Å². The minimum absolute atomic E-state index is 0.215. The Morgan fingerprint density at radius 2 is 1.79 bits per heavy atom. The van der Waals surface area contributed by atoms with E-state index in [4.69, 9.17) is 0 Å². The highest BCUT2D eigenvalue weighted by molar-refractivity contribution is 5.40. The topological polar surface area (TPSA) is 24.9 Å². The van der Waals surface area contributed by atoms with Crippen LogP contribution in [-0.4, -0.2) is 4.98 Å². The van der Waals surface area contributed by atoms with E-state index in [1.54, 1.807) is 0 Å². The van der Waals surface area contributed by atoms with E-state index >= 15 is 0 Å². The molecular formula is C14H13F3N2. The van der Waals surface area contributed by atoms with Crippen molar-refractivity contribution in [3.63, 3.8) is 0 Å². The molecule has 2 nitrogen and oxygen atoms in total. The Bertz CT molecular complexity index is 558. The summed E-state index contributed by atoms with van der Waals surface area (Å²) in [5.41, 5.74) is 0.927. The molecule has 19 heavy (non-hydrogen) atoms. The fourth-order valence-corrected chi connectivity index (χ4v) is 1.82. The summed E-state index contributed by atoms with van der Waals surface area (Å²) in [4.78, 5) is 3.26. The number of nitrogens with zero attached hydrogens (tertiary/aromatic N) is 1. The Morgan fingerprint density at radius 3 is 2.42 bits per heavy atom. The van der Waals surface area contributed by atoms with Crippen LogP contribution in [0, 0.1) is 17.6 Å². The molecule has 1 aromatic carbocycles. The van der Waals surface area contributed by atoms with Crippen LogP contribution in [0.5, 0.6) is 0 Å². The Hall–Kier alpha value is -2.04. The van der Waals surface area contributed by atoms with Crippen molar-refractivity contribution >= 4 is 5.82 Å². The van der Waals surface area contributed by atoms with Gasteiger partial charge in [-0.15, -0.1) is 0 Å². The molecular weight excluding hydrogens is 253 g/mol. The third kappa shape index (κ3) is 3.05. The third-order valence-electron chi connectivity index (χ3n) is 2.81. The molecule has 0 aliphatic rings. The number of halogens is 3. The fraction of sp³-hybridized carbons (Fsp3) is 0.214. The molecule has 0 radical (unpaired) electrons. The summed E-state index contributed by atoms with van der Waals surface area (Å²) < 4.78 is 39.3. The Kier molecular flexibility index (Phi) is 4.04. The van der Waals surface area contributed by atoms with Gasteiger partial charge in [-0.25, -0.2) is 8.78 Å². The van der Waals surface area contributed by atoms with E-state index in [1.807, 2.05) is 37.3 Å². The maximum absolute atomic E-state index is 13.5. The summed E-state index contributed by atoms with van der Waals surface area (Å²) in [5.74, 6) is -3.80. The first-order valence-corrected chi connectivity index (χ1v) is 5.94. The van der Waals surface area contributed by atoms with Gasteiger partial charge in [-0.1, -0.05) is 37.3 Å². The number of pyridine rings is 1. The van der Waals surface area contributed by atoms with Crippen LogP contribution in [0.4, 0.5) is 19.0 Å². The standard InChI is InChI=1S/C14H13F3N2/c1-2-12(9-6-4-3-5-7-9)18-14-11(16)8-10(15)13(17)19-14/h3-8,12H,2H2,1H3,(H,18,19). The minimum Gasteiger partial charge on any atom is -0.361 e. The lowest BCUT2D eigenvalue weighted by Crippen LogP contribution is -2.13. The van der Waals surface area contributed by atoms with Gasteiger partial charge in [0.15, 0.2) is 17.5 Å². The number of aromatic nitrogens is 1. The van der Waals surface area contributed by atoms with E-state index in [2.05, 4.69) is 10.3 Å². The van der Waals surface area contributed by atoms with Crippen molar-refractivity contribution in [2.24, 2.45) is 0 Å². The zero-order chi connectivity index (χ0) is 13.8. The lowest BCUT2D eigenvalue weighted by atomic mass is 10.0. The molecule has 0 saturated heterocycles. The third-order valence-corrected chi connectivity index (χ3v) is 2.81. The number of rotatable bonds is 4. The molecule has 1 atom stereocenters. The van der Waals surface area contributed by atoms with Crippen LogP contribution in [-0.2, 0) is 0 Å². The highest BCUT2D eigenvalue weighted by Gasteiger charge is 2.15. The summed E-state index contributed by atoms with van der Waals surface area (Å²) in [5, 5.41) is 2.79. The predicted molar refractivity (Wildman–Crippen MR) is 67.2 cm³/mol. The van der Waals surface area contributed by atoms with Gasteiger partial charge < -0.3 is 5.32 Å². The van der Waals surface area contributed by atoms with Gasteiger partial charge in [0, 0.05) is 6.07 Å². The van der Waals surface area contributed by atoms with Gasteiger partial charge in [-0.05, 0) is 12.0 Å². The smallest absolute Gasteiger partial charge is 0.251 e. The van der Waals surface area contributed by atoms with Crippen LogP contribution < -0.4 is 5.32 Å². The van der Waals surface area contributed by atoms with Crippen molar-refractivity contribution in [1.29, 1.82) is 0 Å². The average Bonchev–Trinajstić information content (AvgIpc) is 2.42. The average molecular weight is 266 g/mol. The molecule has 0 fully saturated rings. The first-order valence-electron chi connectivity index (χ1n) is 5.94. The van der Waals surface area contributed by atoms with Crippen molar-refractivity contribution in [2.75, 3.05) is 5.32 Å². The summed E-state index contributed by atoms with van der Waals surface area (Å²) >= 11 is 0. The molecule has 0 amide bonds. The number of nitrogens with one attached hydrogen (secondary N) is 1. The number of hydrogen-bond donors (Lipinski definition) is 1. The van der Waals surface area contributed by atoms with Crippen LogP contribution >= 0.6 is 0 Å². The van der Waals surface area contributed by atoms with Gasteiger partial charge in [0.2, 0.25) is 0 Å². The van der Waals surface area contributed by atoms with Crippen molar-refractivity contribution in [3.05, 3.63) is 59.5 Å². The lowest BCUT2D eigenvalue weighted by Gasteiger charge is -2.18. The number of anilines is 1. The van der Waals surface area contributed by atoms with Gasteiger partial charge in [0.25, 0.3) is 5.95 Å². The van der Waals surface area contributed by atoms with E-state index in [1.165, 1.54) is 0 Å². The maximum Gasteiger partial charge on any atom is 0.251 e. The van der Waals surface area contributed by atoms with E-state index in [-0.39, 0.29) is 11.9 Å². The van der Waals surface area contributed by atoms with E-state index < -0.39 is 17.6 Å². The van der Waals surface area contributed by atoms with Crippen molar-refractivity contribution < 1.29 is 13.2 Å². The monoisotopic (exact) mass is 266 g/mol. The van der Waals surface area contributed by atoms with E-state index in [9.17, 15) is 13.2 Å². The lowest BCUT2D eigenvalue weighted by molar-refractivity contribution is 0.465. The summed E-state index contributed by atoms with van der Waals surface area (Å²) in [6, 6.07) is 9.60. The predicted octanol–water partition coefficient (Wildman–Crippen LogP) is 4.06. The van der Waals surface area contributed by atoms with Gasteiger partial charge in [0.1, 0.15) is 0 Å². The first-order chi connectivity index (χ1) is 9.11. The number of hydrogen-bond acceptors (Lipinski definition) is 2. The van der Waals surface area contributed by atoms with Crippen molar-refractivity contribution in [1.82, 2.24) is 4.98 Å². The second-order valence-electron chi connectivity index (χ2n) is 4.11. The zero-order valence-electron chi connectivity index (χ0n) is 10.3. The van der Waals surface area contributed by atoms with Crippen LogP contribution in [0.1, 0.15) is 24.9 Å². The Labute approximate surface area is 109 Å². The van der Waals surface area contributed by atoms with Crippen LogP contribution in [0.2, 0.25) is 0 Å². The molecule has 1 aromatic heterocycles. The fourth-order valence-electron chi connectivity index (χ4n) is 1.82. The summed E-state index contributed by atoms with van der Waals surface area (Å²) in [7, 11) is 0. The Morgan fingerprint density at radius 1 is 1.11 bits per heavy atom. The SMILES string of the molecule is CCC(Nc1nc(F)c(F)cc1F)c1ccccc1.